The molecule has 0 spiro atoms. The molecule has 1 saturated carbocycles. The molecule has 0 bridgehead atoms. The lowest BCUT2D eigenvalue weighted by Gasteiger charge is -2.45. The van der Waals surface area contributed by atoms with Crippen LogP contribution in [-0.4, -0.2) is 52.2 Å². The van der Waals surface area contributed by atoms with Crippen LogP contribution in [0.2, 0.25) is 0 Å². The van der Waals surface area contributed by atoms with Gasteiger partial charge in [0.15, 0.2) is 0 Å². The number of fused-ring (bicyclic) bond motifs is 1. The van der Waals surface area contributed by atoms with E-state index in [9.17, 15) is 8.78 Å². The van der Waals surface area contributed by atoms with Gasteiger partial charge in [-0.25, -0.2) is 8.78 Å². The summed E-state index contributed by atoms with van der Waals surface area (Å²) in [5.74, 6) is 1.06. The summed E-state index contributed by atoms with van der Waals surface area (Å²) < 4.78 is 32.7. The van der Waals surface area contributed by atoms with Gasteiger partial charge in [0.2, 0.25) is 0 Å². The van der Waals surface area contributed by atoms with E-state index in [1.165, 1.54) is 30.6 Å². The van der Waals surface area contributed by atoms with Gasteiger partial charge in [-0.05, 0) is 73.1 Å². The molecule has 10 heteroatoms. The zero-order chi connectivity index (χ0) is 25.2. The number of hydrogen-bond acceptors (Lipinski definition) is 6. The maximum absolute atomic E-state index is 13.6. The van der Waals surface area contributed by atoms with Crippen LogP contribution in [0.15, 0.2) is 29.6 Å². The lowest BCUT2D eigenvalue weighted by molar-refractivity contribution is 0.0375. The van der Waals surface area contributed by atoms with Crippen molar-refractivity contribution in [2.24, 2.45) is 35.0 Å². The van der Waals surface area contributed by atoms with E-state index >= 15 is 0 Å². The molecule has 3 aliphatic rings. The third kappa shape index (κ3) is 6.09. The zero-order valence-corrected chi connectivity index (χ0v) is 20.7. The molecule has 4 radical (unpaired) electrons. The molecule has 2 aliphatic heterocycles. The van der Waals surface area contributed by atoms with Crippen molar-refractivity contribution in [1.29, 1.82) is 0 Å². The number of nitrogens with two attached hydrogens (primary N) is 3. The van der Waals surface area contributed by atoms with Gasteiger partial charge in [0, 0.05) is 37.1 Å². The van der Waals surface area contributed by atoms with Gasteiger partial charge in [-0.15, -0.1) is 11.3 Å². The molecular weight excluding hydrogens is 476 g/mol. The van der Waals surface area contributed by atoms with Crippen LogP contribution in [0.25, 0.3) is 11.5 Å². The van der Waals surface area contributed by atoms with Crippen molar-refractivity contribution >= 4 is 38.5 Å². The minimum absolute atomic E-state index is 0. The fourth-order valence-corrected chi connectivity index (χ4v) is 6.43. The first-order valence-corrected chi connectivity index (χ1v) is 13.0. The normalized spacial score (nSPS) is 23.3. The van der Waals surface area contributed by atoms with Crippen molar-refractivity contribution in [3.05, 3.63) is 56.6 Å². The van der Waals surface area contributed by atoms with Gasteiger partial charge in [0.1, 0.15) is 17.5 Å². The number of benzene rings is 1. The lowest BCUT2D eigenvalue weighted by Crippen LogP contribution is -2.55. The first kappa shape index (κ1) is 28.5. The van der Waals surface area contributed by atoms with Gasteiger partial charge in [0.05, 0.1) is 25.9 Å². The van der Waals surface area contributed by atoms with E-state index in [4.69, 9.17) is 37.6 Å². The number of nitrogens with zero attached hydrogens (tertiary/aromatic N) is 1. The Labute approximate surface area is 219 Å². The van der Waals surface area contributed by atoms with E-state index in [0.29, 0.717) is 15.7 Å². The summed E-state index contributed by atoms with van der Waals surface area (Å²) in [6.45, 7) is 3.88. The molecule has 2 saturated heterocycles. The van der Waals surface area contributed by atoms with Crippen LogP contribution in [0.1, 0.15) is 45.1 Å². The number of thiophene rings is 1. The van der Waals surface area contributed by atoms with Crippen LogP contribution in [0.4, 0.5) is 8.78 Å². The zero-order valence-electron chi connectivity index (χ0n) is 19.9. The maximum atomic E-state index is 13.6. The fourth-order valence-electron chi connectivity index (χ4n) is 5.54. The van der Waals surface area contributed by atoms with Crippen LogP contribution >= 0.6 is 11.3 Å². The van der Waals surface area contributed by atoms with Crippen LogP contribution in [-0.2, 0) is 4.74 Å². The fraction of sp³-hybridized carbons (Fsp3) is 0.538. The van der Waals surface area contributed by atoms with E-state index in [-0.39, 0.29) is 24.5 Å². The molecule has 3 heterocycles. The molecule has 2 atom stereocenters. The van der Waals surface area contributed by atoms with Crippen LogP contribution in [0, 0.1) is 29.4 Å². The third-order valence-corrected chi connectivity index (χ3v) is 8.54. The molecule has 1 aromatic carbocycles. The van der Waals surface area contributed by atoms with Gasteiger partial charge in [0.25, 0.3) is 0 Å². The molecule has 5 nitrogen and oxygen atoms in total. The molecule has 1 aliphatic carbocycles. The molecule has 6 N–H and O–H groups in total. The Morgan fingerprint density at radius 2 is 1.64 bits per heavy atom. The maximum Gasteiger partial charge on any atom is 0.132 e. The average Bonchev–Trinajstić information content (AvgIpc) is 3.58. The number of halogens is 2. The van der Waals surface area contributed by atoms with Gasteiger partial charge < -0.3 is 26.8 Å². The molecular formula is C26H36B2F2N4OS. The van der Waals surface area contributed by atoms with Crippen LogP contribution in [0.3, 0.4) is 0 Å². The second kappa shape index (κ2) is 12.0. The van der Waals surface area contributed by atoms with Crippen molar-refractivity contribution < 1.29 is 13.5 Å². The van der Waals surface area contributed by atoms with Crippen LogP contribution < -0.4 is 27.0 Å². The van der Waals surface area contributed by atoms with E-state index in [1.54, 1.807) is 11.4 Å². The summed E-state index contributed by atoms with van der Waals surface area (Å²) >= 11 is 1.26. The van der Waals surface area contributed by atoms with Crippen molar-refractivity contribution in [2.75, 3.05) is 26.3 Å². The quantitative estimate of drug-likeness (QED) is 0.547. The highest BCUT2D eigenvalue weighted by molar-refractivity contribution is 7.07. The predicted octanol–water partition coefficient (Wildman–Crippen LogP) is 1.90. The Kier molecular flexibility index (Phi) is 9.52. The van der Waals surface area contributed by atoms with Crippen molar-refractivity contribution in [2.45, 2.75) is 44.9 Å². The Morgan fingerprint density at radius 3 is 2.25 bits per heavy atom. The highest BCUT2D eigenvalue weighted by Crippen LogP contribution is 2.41. The molecule has 0 amide bonds. The summed E-state index contributed by atoms with van der Waals surface area (Å²) in [6.07, 6.45) is 6.19. The first-order valence-electron chi connectivity index (χ1n) is 12.1. The number of ether oxygens (including phenoxy) is 1. The highest BCUT2D eigenvalue weighted by Gasteiger charge is 2.43. The average molecular weight is 512 g/mol. The first-order chi connectivity index (χ1) is 16.7. The van der Waals surface area contributed by atoms with Crippen molar-refractivity contribution in [3.8, 4) is 0 Å². The van der Waals surface area contributed by atoms with Gasteiger partial charge in [-0.3, -0.25) is 0 Å². The topological polar surface area (TPSA) is 90.5 Å². The Bertz CT molecular complexity index is 1140. The van der Waals surface area contributed by atoms with E-state index < -0.39 is 17.0 Å². The lowest BCUT2D eigenvalue weighted by atomic mass is 9.52. The van der Waals surface area contributed by atoms with Crippen LogP contribution in [0.5, 0.6) is 0 Å². The molecule has 3 fully saturated rings. The van der Waals surface area contributed by atoms with Gasteiger partial charge in [-0.2, -0.15) is 0 Å². The summed E-state index contributed by atoms with van der Waals surface area (Å²) in [6, 6.07) is 4.78. The minimum Gasteiger partial charge on any atom is -0.397 e. The largest absolute Gasteiger partial charge is 0.397 e. The summed E-state index contributed by atoms with van der Waals surface area (Å²) in [7, 11) is 12.9. The van der Waals surface area contributed by atoms with Crippen molar-refractivity contribution in [3.63, 3.8) is 0 Å². The van der Waals surface area contributed by atoms with Gasteiger partial charge >= 0.3 is 0 Å². The molecule has 2 aromatic rings. The summed E-state index contributed by atoms with van der Waals surface area (Å²) in [5, 5.41) is 1.66. The molecule has 2 unspecified atom stereocenters. The minimum atomic E-state index is -0.603. The Hall–Kier alpha value is -2.03. The summed E-state index contributed by atoms with van der Waals surface area (Å²) in [4.78, 5) is 2.36. The standard InChI is InChI=1S/C13H21B2NO.C12H11F2N3S.CH4/c14-13(15,12-4-6-17-7-5-12)16-8-10-2-1-3-11(10)9-16;13-6-1-2-9(14)8(5-6)10(15)11-7(12(16)17)3-4-18-11;/h10-12H,1-9H2;1-5H,15-17H2;1H4/b;11-10+;. The Balaban J connectivity index is 0.000000195. The number of hydrogen-bond donors (Lipinski definition) is 3. The molecule has 5 rings (SSSR count). The van der Waals surface area contributed by atoms with Crippen molar-refractivity contribution in [1.82, 2.24) is 4.90 Å². The predicted molar refractivity (Wildman–Crippen MR) is 145 cm³/mol. The second-order valence-electron chi connectivity index (χ2n) is 9.79. The van der Waals surface area contributed by atoms with Gasteiger partial charge in [-0.1, -0.05) is 19.2 Å². The summed E-state index contributed by atoms with van der Waals surface area (Å²) in [5.41, 5.74) is 17.0. The second-order valence-corrected chi connectivity index (χ2v) is 10.7. The van der Waals surface area contributed by atoms with E-state index in [1.807, 2.05) is 0 Å². The monoisotopic (exact) mass is 512 g/mol. The molecule has 192 valence electrons. The molecule has 1 aromatic heterocycles. The van der Waals surface area contributed by atoms with E-state index in [2.05, 4.69) is 4.90 Å². The Morgan fingerprint density at radius 1 is 1.00 bits per heavy atom. The number of rotatable bonds is 3. The van der Waals surface area contributed by atoms with E-state index in [0.717, 1.165) is 69.2 Å². The smallest absolute Gasteiger partial charge is 0.132 e. The highest BCUT2D eigenvalue weighted by atomic mass is 32.1. The third-order valence-electron chi connectivity index (χ3n) is 7.59. The SMILES string of the molecule is C.NC(N)=c1ccs/c1=C(/N)c1cc(F)ccc1F.[B]C([B])(C1CCOCC1)N1CC2CCCC2C1. The molecule has 36 heavy (non-hydrogen) atoms. The number of likely N-dealkylation sites (tertiary alicyclic amines) is 1.